The Labute approximate surface area is 87.5 Å². The number of carboxylic acid groups (broad SMARTS) is 1. The molecule has 82 valence electrons. The van der Waals surface area contributed by atoms with Crippen LogP contribution in [0.15, 0.2) is 6.07 Å². The minimum absolute atomic E-state index is 0.433. The van der Waals surface area contributed by atoms with Crippen molar-refractivity contribution in [1.82, 2.24) is 4.98 Å². The van der Waals surface area contributed by atoms with Gasteiger partial charge in [-0.1, -0.05) is 11.6 Å². The molecule has 3 nitrogen and oxygen atoms in total. The lowest BCUT2D eigenvalue weighted by molar-refractivity contribution is -0.136. The predicted octanol–water partition coefficient (Wildman–Crippen LogP) is 2.44. The van der Waals surface area contributed by atoms with Gasteiger partial charge >= 0.3 is 5.97 Å². The molecule has 0 aliphatic rings. The van der Waals surface area contributed by atoms with Crippen molar-refractivity contribution in [2.45, 2.75) is 12.8 Å². The standard InChI is InChI=1S/C8H5ClF3NO2/c9-5-1-3(7(10)11)4(2-6(14)15)8(12)13-5/h1,7H,2H2,(H,14,15). The van der Waals surface area contributed by atoms with Gasteiger partial charge in [0.25, 0.3) is 6.43 Å². The Morgan fingerprint density at radius 2 is 2.20 bits per heavy atom. The number of carbonyl (C=O) groups is 1. The molecule has 1 aromatic heterocycles. The van der Waals surface area contributed by atoms with Crippen molar-refractivity contribution in [2.75, 3.05) is 0 Å². The monoisotopic (exact) mass is 239 g/mol. The molecular formula is C8H5ClF3NO2. The van der Waals surface area contributed by atoms with E-state index in [4.69, 9.17) is 16.7 Å². The fraction of sp³-hybridized carbons (Fsp3) is 0.250. The summed E-state index contributed by atoms with van der Waals surface area (Å²) in [6.07, 6.45) is -3.84. The van der Waals surface area contributed by atoms with Gasteiger partial charge in [0.1, 0.15) is 5.15 Å². The average Bonchev–Trinajstić information content (AvgIpc) is 2.08. The van der Waals surface area contributed by atoms with E-state index in [0.29, 0.717) is 0 Å². The van der Waals surface area contributed by atoms with Crippen LogP contribution in [0.3, 0.4) is 0 Å². The lowest BCUT2D eigenvalue weighted by atomic mass is 10.1. The molecule has 0 bridgehead atoms. The Morgan fingerprint density at radius 3 is 2.67 bits per heavy atom. The number of rotatable bonds is 3. The van der Waals surface area contributed by atoms with Crippen LogP contribution in [-0.4, -0.2) is 16.1 Å². The van der Waals surface area contributed by atoms with Gasteiger partial charge in [0.05, 0.1) is 6.42 Å². The molecule has 1 N–H and O–H groups in total. The number of pyridine rings is 1. The zero-order valence-corrected chi connectivity index (χ0v) is 7.93. The number of halogens is 4. The van der Waals surface area contributed by atoms with Gasteiger partial charge in [-0.15, -0.1) is 0 Å². The third-order valence-corrected chi connectivity index (χ3v) is 1.83. The first kappa shape index (κ1) is 11.8. The molecule has 1 rings (SSSR count). The van der Waals surface area contributed by atoms with Crippen LogP contribution in [0.5, 0.6) is 0 Å². The fourth-order valence-electron chi connectivity index (χ4n) is 1.05. The summed E-state index contributed by atoms with van der Waals surface area (Å²) in [5, 5.41) is 7.96. The molecule has 0 spiro atoms. The average molecular weight is 240 g/mol. The minimum atomic E-state index is -2.99. The second-order valence-electron chi connectivity index (χ2n) is 2.67. The van der Waals surface area contributed by atoms with Crippen molar-refractivity contribution >= 4 is 17.6 Å². The Kier molecular flexibility index (Phi) is 3.52. The van der Waals surface area contributed by atoms with E-state index >= 15 is 0 Å². The second-order valence-corrected chi connectivity index (χ2v) is 3.06. The highest BCUT2D eigenvalue weighted by molar-refractivity contribution is 6.29. The molecule has 0 aliphatic carbocycles. The molecule has 0 amide bonds. The van der Waals surface area contributed by atoms with E-state index in [9.17, 15) is 18.0 Å². The molecule has 0 aromatic carbocycles. The van der Waals surface area contributed by atoms with E-state index in [2.05, 4.69) is 4.98 Å². The Bertz CT molecular complexity index is 398. The first-order chi connectivity index (χ1) is 6.91. The molecule has 15 heavy (non-hydrogen) atoms. The molecule has 7 heteroatoms. The summed E-state index contributed by atoms with van der Waals surface area (Å²) in [5.41, 5.74) is -1.38. The van der Waals surface area contributed by atoms with Crippen LogP contribution in [-0.2, 0) is 11.2 Å². The highest BCUT2D eigenvalue weighted by Crippen LogP contribution is 2.27. The van der Waals surface area contributed by atoms with E-state index in [0.717, 1.165) is 6.07 Å². The second kappa shape index (κ2) is 4.48. The van der Waals surface area contributed by atoms with Gasteiger partial charge < -0.3 is 5.11 Å². The lowest BCUT2D eigenvalue weighted by Gasteiger charge is -2.07. The highest BCUT2D eigenvalue weighted by atomic mass is 35.5. The Morgan fingerprint density at radius 1 is 1.60 bits per heavy atom. The Hall–Kier alpha value is -1.30. The lowest BCUT2D eigenvalue weighted by Crippen LogP contribution is -2.08. The van der Waals surface area contributed by atoms with Crippen molar-refractivity contribution in [3.63, 3.8) is 0 Å². The van der Waals surface area contributed by atoms with Crippen molar-refractivity contribution in [1.29, 1.82) is 0 Å². The van der Waals surface area contributed by atoms with Crippen molar-refractivity contribution in [3.05, 3.63) is 28.3 Å². The summed E-state index contributed by atoms with van der Waals surface area (Å²) in [7, 11) is 0. The summed E-state index contributed by atoms with van der Waals surface area (Å²) < 4.78 is 37.8. The third kappa shape index (κ3) is 2.82. The van der Waals surface area contributed by atoms with E-state index in [1.165, 1.54) is 0 Å². The maximum atomic E-state index is 13.0. The predicted molar refractivity (Wildman–Crippen MR) is 45.5 cm³/mol. The van der Waals surface area contributed by atoms with Crippen LogP contribution < -0.4 is 0 Å². The summed E-state index contributed by atoms with van der Waals surface area (Å²) in [6.45, 7) is 0. The maximum Gasteiger partial charge on any atom is 0.308 e. The number of alkyl halides is 2. The van der Waals surface area contributed by atoms with Gasteiger partial charge in [-0.2, -0.15) is 4.39 Å². The van der Waals surface area contributed by atoms with Crippen LogP contribution >= 0.6 is 11.6 Å². The third-order valence-electron chi connectivity index (χ3n) is 1.64. The number of hydrogen-bond acceptors (Lipinski definition) is 2. The van der Waals surface area contributed by atoms with Crippen LogP contribution in [0.2, 0.25) is 5.15 Å². The number of aliphatic carboxylic acids is 1. The van der Waals surface area contributed by atoms with Crippen LogP contribution in [0.4, 0.5) is 13.2 Å². The summed E-state index contributed by atoms with van der Waals surface area (Å²) in [4.78, 5) is 13.4. The van der Waals surface area contributed by atoms with Crippen LogP contribution in [0, 0.1) is 5.95 Å². The van der Waals surface area contributed by atoms with Gasteiger partial charge in [-0.05, 0) is 6.07 Å². The molecule has 0 aliphatic heterocycles. The first-order valence-electron chi connectivity index (χ1n) is 3.76. The number of carboxylic acids is 1. The minimum Gasteiger partial charge on any atom is -0.481 e. The molecule has 0 saturated heterocycles. The number of hydrogen-bond donors (Lipinski definition) is 1. The van der Waals surface area contributed by atoms with E-state index in [1.54, 1.807) is 0 Å². The Balaban J connectivity index is 3.26. The van der Waals surface area contributed by atoms with Crippen LogP contribution in [0.25, 0.3) is 0 Å². The smallest absolute Gasteiger partial charge is 0.308 e. The van der Waals surface area contributed by atoms with Gasteiger partial charge in [-0.3, -0.25) is 4.79 Å². The normalized spacial score (nSPS) is 10.7. The summed E-state index contributed by atoms with van der Waals surface area (Å²) >= 11 is 5.27. The zero-order valence-electron chi connectivity index (χ0n) is 7.18. The molecule has 1 aromatic rings. The number of nitrogens with zero attached hydrogens (tertiary/aromatic N) is 1. The molecule has 0 atom stereocenters. The van der Waals surface area contributed by atoms with Gasteiger partial charge in [0.15, 0.2) is 0 Å². The van der Waals surface area contributed by atoms with Crippen molar-refractivity contribution in [3.8, 4) is 0 Å². The number of aromatic nitrogens is 1. The molecular weight excluding hydrogens is 235 g/mol. The SMILES string of the molecule is O=C(O)Cc1c(C(F)F)cc(Cl)nc1F. The topological polar surface area (TPSA) is 50.2 Å². The molecule has 0 unspecified atom stereocenters. The molecule has 1 heterocycles. The van der Waals surface area contributed by atoms with E-state index in [-0.39, 0.29) is 0 Å². The first-order valence-corrected chi connectivity index (χ1v) is 4.14. The van der Waals surface area contributed by atoms with Crippen molar-refractivity contribution < 1.29 is 23.1 Å². The van der Waals surface area contributed by atoms with Crippen molar-refractivity contribution in [2.24, 2.45) is 0 Å². The quantitative estimate of drug-likeness (QED) is 0.824. The zero-order chi connectivity index (χ0) is 11.6. The highest BCUT2D eigenvalue weighted by Gasteiger charge is 2.20. The summed E-state index contributed by atoms with van der Waals surface area (Å²) in [6, 6.07) is 0.758. The molecule has 0 saturated carbocycles. The van der Waals surface area contributed by atoms with Gasteiger partial charge in [0.2, 0.25) is 5.95 Å². The van der Waals surface area contributed by atoms with Gasteiger partial charge in [-0.25, -0.2) is 13.8 Å². The fourth-order valence-corrected chi connectivity index (χ4v) is 1.24. The van der Waals surface area contributed by atoms with Crippen LogP contribution in [0.1, 0.15) is 17.6 Å². The molecule has 0 radical (unpaired) electrons. The van der Waals surface area contributed by atoms with Gasteiger partial charge in [0, 0.05) is 11.1 Å². The largest absolute Gasteiger partial charge is 0.481 e. The van der Waals surface area contributed by atoms with E-state index < -0.39 is 41.0 Å². The summed E-state index contributed by atoms with van der Waals surface area (Å²) in [5.74, 6) is -2.69. The maximum absolute atomic E-state index is 13.0. The van der Waals surface area contributed by atoms with E-state index in [1.807, 2.05) is 0 Å². The molecule has 0 fully saturated rings.